The lowest BCUT2D eigenvalue weighted by molar-refractivity contribution is -0.138. The third-order valence-electron chi connectivity index (χ3n) is 1.85. The fraction of sp³-hybridized carbons (Fsp3) is 0.333. The zero-order valence-corrected chi connectivity index (χ0v) is 9.76. The molecule has 0 atom stereocenters. The van der Waals surface area contributed by atoms with Gasteiger partial charge >= 0.3 is 5.97 Å². The lowest BCUT2D eigenvalue weighted by Crippen LogP contribution is -2.16. The van der Waals surface area contributed by atoms with Crippen LogP contribution in [0.1, 0.15) is 24.4 Å². The molecule has 1 heterocycles. The summed E-state index contributed by atoms with van der Waals surface area (Å²) in [6.45, 7) is 3.95. The Hall–Kier alpha value is -2.04. The topological polar surface area (TPSA) is 65.7 Å². The van der Waals surface area contributed by atoms with Crippen LogP contribution in [-0.4, -0.2) is 25.0 Å². The highest BCUT2D eigenvalue weighted by atomic mass is 16.5. The summed E-state index contributed by atoms with van der Waals surface area (Å²) in [4.78, 5) is 23.4. The number of carbonyl (C=O) groups is 2. The maximum atomic E-state index is 11.9. The number of rotatable bonds is 6. The molecule has 1 aromatic rings. The van der Waals surface area contributed by atoms with E-state index in [4.69, 9.17) is 13.9 Å². The van der Waals surface area contributed by atoms with Gasteiger partial charge in [-0.05, 0) is 26.0 Å². The fourth-order valence-corrected chi connectivity index (χ4v) is 1.11. The first-order valence-corrected chi connectivity index (χ1v) is 5.27. The fourth-order valence-electron chi connectivity index (χ4n) is 1.11. The first-order chi connectivity index (χ1) is 8.20. The van der Waals surface area contributed by atoms with Gasteiger partial charge in [0.1, 0.15) is 11.8 Å². The highest BCUT2D eigenvalue weighted by molar-refractivity contribution is 6.23. The first kappa shape index (κ1) is 13.0. The van der Waals surface area contributed by atoms with Gasteiger partial charge in [0.15, 0.2) is 5.76 Å². The molecule has 0 spiro atoms. The minimum absolute atomic E-state index is 0.0732. The Balaban J connectivity index is 2.90. The molecule has 5 heteroatoms. The molecule has 0 radical (unpaired) electrons. The summed E-state index contributed by atoms with van der Waals surface area (Å²) in [7, 11) is 0. The Labute approximate surface area is 99.0 Å². The molecule has 0 aliphatic rings. The molecule has 0 aromatic carbocycles. The molecule has 0 bridgehead atoms. The highest BCUT2D eigenvalue weighted by Gasteiger charge is 2.23. The Kier molecular flexibility index (Phi) is 5.00. The van der Waals surface area contributed by atoms with Gasteiger partial charge in [-0.2, -0.15) is 0 Å². The van der Waals surface area contributed by atoms with E-state index in [0.29, 0.717) is 6.61 Å². The van der Waals surface area contributed by atoms with Crippen LogP contribution in [-0.2, 0) is 14.3 Å². The zero-order chi connectivity index (χ0) is 12.7. The molecule has 1 rings (SSSR count). The number of hydrogen-bond donors (Lipinski definition) is 0. The van der Waals surface area contributed by atoms with Crippen LogP contribution in [0, 0.1) is 0 Å². The molecular formula is C12H14O5. The summed E-state index contributed by atoms with van der Waals surface area (Å²) in [5.41, 5.74) is -0.177. The standard InChI is InChI=1S/C12H14O5/c1-3-15-8-9(12(14)16-4-2)11(13)10-6-5-7-17-10/h5-8H,3-4H2,1-2H3. The highest BCUT2D eigenvalue weighted by Crippen LogP contribution is 2.11. The normalized spacial score (nSPS) is 11.1. The van der Waals surface area contributed by atoms with Crippen LogP contribution in [0.4, 0.5) is 0 Å². The van der Waals surface area contributed by atoms with Crippen LogP contribution in [0.5, 0.6) is 0 Å². The Morgan fingerprint density at radius 1 is 1.35 bits per heavy atom. The van der Waals surface area contributed by atoms with E-state index in [1.54, 1.807) is 19.9 Å². The van der Waals surface area contributed by atoms with Crippen LogP contribution in [0.2, 0.25) is 0 Å². The van der Waals surface area contributed by atoms with Gasteiger partial charge in [-0.1, -0.05) is 0 Å². The molecule has 5 nitrogen and oxygen atoms in total. The molecule has 0 saturated carbocycles. The molecule has 0 aliphatic heterocycles. The summed E-state index contributed by atoms with van der Waals surface area (Å²) in [6, 6.07) is 3.04. The van der Waals surface area contributed by atoms with E-state index in [9.17, 15) is 9.59 Å². The quantitative estimate of drug-likeness (QED) is 0.189. The van der Waals surface area contributed by atoms with Crippen molar-refractivity contribution in [2.75, 3.05) is 13.2 Å². The molecule has 0 amide bonds. The molecule has 0 unspecified atom stereocenters. The third kappa shape index (κ3) is 3.48. The van der Waals surface area contributed by atoms with Crippen molar-refractivity contribution in [3.05, 3.63) is 36.0 Å². The van der Waals surface area contributed by atoms with E-state index in [0.717, 1.165) is 6.26 Å². The van der Waals surface area contributed by atoms with Crippen molar-refractivity contribution in [1.82, 2.24) is 0 Å². The molecule has 92 valence electrons. The lowest BCUT2D eigenvalue weighted by atomic mass is 10.1. The molecular weight excluding hydrogens is 224 g/mol. The zero-order valence-electron chi connectivity index (χ0n) is 9.76. The van der Waals surface area contributed by atoms with Gasteiger partial charge in [0, 0.05) is 0 Å². The predicted molar refractivity (Wildman–Crippen MR) is 59.4 cm³/mol. The smallest absolute Gasteiger partial charge is 0.345 e. The van der Waals surface area contributed by atoms with Crippen LogP contribution in [0.25, 0.3) is 0 Å². The second kappa shape index (κ2) is 6.52. The second-order valence-corrected chi connectivity index (χ2v) is 3.01. The van der Waals surface area contributed by atoms with Gasteiger partial charge in [0.25, 0.3) is 0 Å². The maximum Gasteiger partial charge on any atom is 0.345 e. The van der Waals surface area contributed by atoms with Crippen LogP contribution in [0.15, 0.2) is 34.6 Å². The van der Waals surface area contributed by atoms with Gasteiger partial charge in [-0.25, -0.2) is 4.79 Å². The van der Waals surface area contributed by atoms with E-state index in [2.05, 4.69) is 0 Å². The number of ketones is 1. The average Bonchev–Trinajstić information content (AvgIpc) is 2.83. The number of ether oxygens (including phenoxy) is 2. The third-order valence-corrected chi connectivity index (χ3v) is 1.85. The summed E-state index contributed by atoms with van der Waals surface area (Å²) in [5, 5.41) is 0. The number of furan rings is 1. The van der Waals surface area contributed by atoms with Gasteiger partial charge in [-0.3, -0.25) is 4.79 Å². The minimum atomic E-state index is -0.720. The SMILES string of the molecule is CCOC=C(C(=O)OCC)C(=O)c1ccco1. The van der Waals surface area contributed by atoms with Crippen molar-refractivity contribution in [2.24, 2.45) is 0 Å². The van der Waals surface area contributed by atoms with Crippen molar-refractivity contribution < 1.29 is 23.5 Å². The summed E-state index contributed by atoms with van der Waals surface area (Å²) in [6.07, 6.45) is 2.46. The van der Waals surface area contributed by atoms with E-state index < -0.39 is 11.8 Å². The van der Waals surface area contributed by atoms with Crippen molar-refractivity contribution >= 4 is 11.8 Å². The van der Waals surface area contributed by atoms with Crippen molar-refractivity contribution in [3.63, 3.8) is 0 Å². The van der Waals surface area contributed by atoms with E-state index in [1.165, 1.54) is 12.3 Å². The van der Waals surface area contributed by atoms with Gasteiger partial charge in [-0.15, -0.1) is 0 Å². The van der Waals surface area contributed by atoms with Gasteiger partial charge in [0.2, 0.25) is 5.78 Å². The van der Waals surface area contributed by atoms with E-state index >= 15 is 0 Å². The minimum Gasteiger partial charge on any atom is -0.500 e. The summed E-state index contributed by atoms with van der Waals surface area (Å²) in [5.74, 6) is -1.20. The Morgan fingerprint density at radius 2 is 2.12 bits per heavy atom. The van der Waals surface area contributed by atoms with Crippen molar-refractivity contribution in [2.45, 2.75) is 13.8 Å². The molecule has 1 aromatic heterocycles. The number of hydrogen-bond acceptors (Lipinski definition) is 5. The number of Topliss-reactive ketones (excluding diaryl/α,β-unsaturated/α-hetero) is 1. The Morgan fingerprint density at radius 3 is 2.65 bits per heavy atom. The largest absolute Gasteiger partial charge is 0.500 e. The summed E-state index contributed by atoms with van der Waals surface area (Å²) >= 11 is 0. The molecule has 0 fully saturated rings. The van der Waals surface area contributed by atoms with Crippen LogP contribution < -0.4 is 0 Å². The molecule has 0 N–H and O–H groups in total. The number of carbonyl (C=O) groups excluding carboxylic acids is 2. The number of esters is 1. The van der Waals surface area contributed by atoms with Crippen molar-refractivity contribution in [1.29, 1.82) is 0 Å². The predicted octanol–water partition coefficient (Wildman–Crippen LogP) is 1.95. The van der Waals surface area contributed by atoms with Gasteiger partial charge in [0.05, 0.1) is 19.5 Å². The lowest BCUT2D eigenvalue weighted by Gasteiger charge is -2.04. The maximum absolute atomic E-state index is 11.9. The van der Waals surface area contributed by atoms with Gasteiger partial charge < -0.3 is 13.9 Å². The van der Waals surface area contributed by atoms with Crippen LogP contribution in [0.3, 0.4) is 0 Å². The second-order valence-electron chi connectivity index (χ2n) is 3.01. The molecule has 0 saturated heterocycles. The molecule has 0 aliphatic carbocycles. The van der Waals surface area contributed by atoms with E-state index in [-0.39, 0.29) is 17.9 Å². The van der Waals surface area contributed by atoms with Crippen molar-refractivity contribution in [3.8, 4) is 0 Å². The summed E-state index contributed by atoms with van der Waals surface area (Å²) < 4.78 is 14.7. The average molecular weight is 238 g/mol. The van der Waals surface area contributed by atoms with Crippen LogP contribution >= 0.6 is 0 Å². The monoisotopic (exact) mass is 238 g/mol. The molecule has 17 heavy (non-hydrogen) atoms. The van der Waals surface area contributed by atoms with E-state index in [1.807, 2.05) is 0 Å². The first-order valence-electron chi connectivity index (χ1n) is 5.27. The Bertz CT molecular complexity index is 403.